The predicted octanol–water partition coefficient (Wildman–Crippen LogP) is 3.44. The lowest BCUT2D eigenvalue weighted by molar-refractivity contribution is -0.185. The first-order valence-corrected chi connectivity index (χ1v) is 7.36. The van der Waals surface area contributed by atoms with Crippen molar-refractivity contribution in [2.45, 2.75) is 38.3 Å². The van der Waals surface area contributed by atoms with Crippen molar-refractivity contribution in [3.63, 3.8) is 0 Å². The van der Waals surface area contributed by atoms with Crippen molar-refractivity contribution in [1.29, 1.82) is 0 Å². The van der Waals surface area contributed by atoms with E-state index in [0.717, 1.165) is 6.42 Å². The van der Waals surface area contributed by atoms with E-state index in [0.29, 0.717) is 37.7 Å². The third-order valence-corrected chi connectivity index (χ3v) is 4.79. The fourth-order valence-electron chi connectivity index (χ4n) is 3.08. The van der Waals surface area contributed by atoms with Crippen LogP contribution in [-0.4, -0.2) is 36.0 Å². The van der Waals surface area contributed by atoms with Gasteiger partial charge in [-0.1, -0.05) is 0 Å². The molecule has 1 atom stereocenters. The molecule has 2 rings (SSSR count). The first kappa shape index (κ1) is 14.9. The Morgan fingerprint density at radius 2 is 1.79 bits per heavy atom. The fourth-order valence-corrected chi connectivity index (χ4v) is 3.34. The quantitative estimate of drug-likeness (QED) is 0.715. The van der Waals surface area contributed by atoms with Crippen molar-refractivity contribution in [2.24, 2.45) is 17.8 Å². The molecule has 0 spiro atoms. The number of alkyl halides is 4. The van der Waals surface area contributed by atoms with E-state index in [1.807, 2.05) is 0 Å². The Hall–Kier alpha value is -0.450. The number of likely N-dealkylation sites (tertiary alicyclic amines) is 1. The average molecular weight is 298 g/mol. The van der Waals surface area contributed by atoms with Crippen LogP contribution in [0, 0.1) is 17.8 Å². The van der Waals surface area contributed by atoms with Gasteiger partial charge in [-0.25, -0.2) is 0 Å². The number of carbonyl (C=O) groups is 1. The van der Waals surface area contributed by atoms with Gasteiger partial charge in [-0.3, -0.25) is 4.79 Å². The van der Waals surface area contributed by atoms with Gasteiger partial charge in [-0.05, 0) is 38.0 Å². The summed E-state index contributed by atoms with van der Waals surface area (Å²) in [5.74, 6) is -0.506. The maximum atomic E-state index is 12.6. The van der Waals surface area contributed by atoms with E-state index in [9.17, 15) is 18.0 Å². The van der Waals surface area contributed by atoms with Gasteiger partial charge >= 0.3 is 6.18 Å². The molecule has 1 heterocycles. The van der Waals surface area contributed by atoms with Crippen LogP contribution in [-0.2, 0) is 4.79 Å². The Morgan fingerprint density at radius 3 is 2.26 bits per heavy atom. The van der Waals surface area contributed by atoms with E-state index in [2.05, 4.69) is 0 Å². The molecule has 2 nitrogen and oxygen atoms in total. The molecule has 1 aliphatic heterocycles. The second-order valence-corrected chi connectivity index (χ2v) is 5.99. The van der Waals surface area contributed by atoms with Crippen LogP contribution in [0.5, 0.6) is 0 Å². The summed E-state index contributed by atoms with van der Waals surface area (Å²) in [6.45, 7) is 1.37. The van der Waals surface area contributed by atoms with Crippen molar-refractivity contribution < 1.29 is 18.0 Å². The average Bonchev–Trinajstić information content (AvgIpc) is 2.86. The highest BCUT2D eigenvalue weighted by Crippen LogP contribution is 2.40. The van der Waals surface area contributed by atoms with Crippen LogP contribution in [0.2, 0.25) is 0 Å². The molecular formula is C13H19ClF3NO. The summed E-state index contributed by atoms with van der Waals surface area (Å²) in [6.07, 6.45) is -2.28. The lowest BCUT2D eigenvalue weighted by Gasteiger charge is -2.31. The third kappa shape index (κ3) is 3.56. The molecule has 1 aliphatic carbocycles. The number of nitrogens with zero attached hydrogens (tertiary/aromatic N) is 1. The van der Waals surface area contributed by atoms with Crippen LogP contribution in [0.25, 0.3) is 0 Å². The third-order valence-electron chi connectivity index (χ3n) is 4.36. The van der Waals surface area contributed by atoms with Crippen molar-refractivity contribution in [3.05, 3.63) is 0 Å². The molecule has 1 unspecified atom stereocenters. The summed E-state index contributed by atoms with van der Waals surface area (Å²) in [7, 11) is 0. The summed E-state index contributed by atoms with van der Waals surface area (Å²) in [6, 6.07) is 0. The van der Waals surface area contributed by atoms with Crippen molar-refractivity contribution in [3.8, 4) is 0 Å². The fraction of sp³-hybridized carbons (Fsp3) is 0.923. The summed E-state index contributed by atoms with van der Waals surface area (Å²) in [5.41, 5.74) is 0. The monoisotopic (exact) mass is 297 g/mol. The van der Waals surface area contributed by atoms with Gasteiger partial charge in [-0.2, -0.15) is 13.2 Å². The van der Waals surface area contributed by atoms with Gasteiger partial charge in [0.15, 0.2) is 0 Å². The molecular weight excluding hydrogens is 279 g/mol. The SMILES string of the molecule is O=C(C1CCC(C(F)(F)F)CC1)N1CCC(CCl)C1. The largest absolute Gasteiger partial charge is 0.391 e. The minimum Gasteiger partial charge on any atom is -0.342 e. The highest BCUT2D eigenvalue weighted by Gasteiger charge is 2.43. The summed E-state index contributed by atoms with van der Waals surface area (Å²) in [4.78, 5) is 14.0. The van der Waals surface area contributed by atoms with Crippen molar-refractivity contribution >= 4 is 17.5 Å². The minimum absolute atomic E-state index is 0.0354. The Labute approximate surface area is 116 Å². The molecule has 1 saturated heterocycles. The van der Waals surface area contributed by atoms with E-state index < -0.39 is 12.1 Å². The van der Waals surface area contributed by atoms with E-state index in [-0.39, 0.29) is 24.7 Å². The molecule has 0 aromatic rings. The number of hydrogen-bond acceptors (Lipinski definition) is 1. The van der Waals surface area contributed by atoms with Gasteiger partial charge < -0.3 is 4.90 Å². The summed E-state index contributed by atoms with van der Waals surface area (Å²) < 4.78 is 37.7. The van der Waals surface area contributed by atoms with E-state index in [4.69, 9.17) is 11.6 Å². The number of hydrogen-bond donors (Lipinski definition) is 0. The molecule has 19 heavy (non-hydrogen) atoms. The number of halogens is 4. The van der Waals surface area contributed by atoms with Crippen LogP contribution in [0.1, 0.15) is 32.1 Å². The molecule has 0 aromatic heterocycles. The zero-order valence-electron chi connectivity index (χ0n) is 10.8. The Balaban J connectivity index is 1.83. The molecule has 0 radical (unpaired) electrons. The van der Waals surface area contributed by atoms with Gasteiger partial charge in [0.25, 0.3) is 0 Å². The number of rotatable bonds is 2. The molecule has 2 fully saturated rings. The molecule has 1 saturated carbocycles. The molecule has 0 N–H and O–H groups in total. The smallest absolute Gasteiger partial charge is 0.342 e. The van der Waals surface area contributed by atoms with Gasteiger partial charge in [0.2, 0.25) is 5.91 Å². The number of carbonyl (C=O) groups excluding carboxylic acids is 1. The molecule has 0 bridgehead atoms. The van der Waals surface area contributed by atoms with Crippen LogP contribution in [0.3, 0.4) is 0 Å². The van der Waals surface area contributed by atoms with Gasteiger partial charge in [0.1, 0.15) is 0 Å². The van der Waals surface area contributed by atoms with Gasteiger partial charge in [0, 0.05) is 24.9 Å². The first-order valence-electron chi connectivity index (χ1n) is 6.83. The second kappa shape index (κ2) is 5.90. The lowest BCUT2D eigenvalue weighted by atomic mass is 9.81. The highest BCUT2D eigenvalue weighted by molar-refractivity contribution is 6.18. The Bertz CT molecular complexity index is 326. The van der Waals surface area contributed by atoms with Gasteiger partial charge in [0.05, 0.1) is 5.92 Å². The normalized spacial score (nSPS) is 32.6. The minimum atomic E-state index is -4.11. The predicted molar refractivity (Wildman–Crippen MR) is 66.9 cm³/mol. The van der Waals surface area contributed by atoms with Crippen LogP contribution in [0.4, 0.5) is 13.2 Å². The number of amides is 1. The summed E-state index contributed by atoms with van der Waals surface area (Å²) in [5, 5.41) is 0. The van der Waals surface area contributed by atoms with Crippen LogP contribution < -0.4 is 0 Å². The van der Waals surface area contributed by atoms with Crippen LogP contribution in [0.15, 0.2) is 0 Å². The lowest BCUT2D eigenvalue weighted by Crippen LogP contribution is -2.38. The second-order valence-electron chi connectivity index (χ2n) is 5.68. The Morgan fingerprint density at radius 1 is 1.16 bits per heavy atom. The standard InChI is InChI=1S/C13H19ClF3NO/c14-7-9-5-6-18(8-9)12(19)10-1-3-11(4-2-10)13(15,16)17/h9-11H,1-8H2. The zero-order chi connectivity index (χ0) is 14.0. The van der Waals surface area contributed by atoms with Crippen molar-refractivity contribution in [1.82, 2.24) is 4.90 Å². The zero-order valence-corrected chi connectivity index (χ0v) is 11.5. The summed E-state index contributed by atoms with van der Waals surface area (Å²) >= 11 is 5.77. The van der Waals surface area contributed by atoms with E-state index in [1.54, 1.807) is 4.90 Å². The highest BCUT2D eigenvalue weighted by atomic mass is 35.5. The van der Waals surface area contributed by atoms with E-state index in [1.165, 1.54) is 0 Å². The topological polar surface area (TPSA) is 20.3 Å². The molecule has 6 heteroatoms. The Kier molecular flexibility index (Phi) is 4.64. The molecule has 0 aromatic carbocycles. The maximum Gasteiger partial charge on any atom is 0.391 e. The van der Waals surface area contributed by atoms with Crippen molar-refractivity contribution in [2.75, 3.05) is 19.0 Å². The van der Waals surface area contributed by atoms with Crippen LogP contribution >= 0.6 is 11.6 Å². The molecule has 110 valence electrons. The molecule has 2 aliphatic rings. The van der Waals surface area contributed by atoms with E-state index >= 15 is 0 Å². The molecule has 1 amide bonds. The van der Waals surface area contributed by atoms with Gasteiger partial charge in [-0.15, -0.1) is 11.6 Å². The first-order chi connectivity index (χ1) is 8.91. The maximum absolute atomic E-state index is 12.6.